The number of phenols is 1. The predicted octanol–water partition coefficient (Wildman–Crippen LogP) is 4.77. The molecule has 4 rings (SSSR count). The highest BCUT2D eigenvalue weighted by Crippen LogP contribution is 2.37. The van der Waals surface area contributed by atoms with Crippen molar-refractivity contribution in [2.75, 3.05) is 5.32 Å². The van der Waals surface area contributed by atoms with Crippen LogP contribution >= 0.6 is 0 Å². The van der Waals surface area contributed by atoms with E-state index in [1.165, 1.54) is 23.7 Å². The van der Waals surface area contributed by atoms with Gasteiger partial charge in [-0.3, -0.25) is 4.79 Å². The highest BCUT2D eigenvalue weighted by atomic mass is 19.1. The fourth-order valence-electron chi connectivity index (χ4n) is 4.12. The lowest BCUT2D eigenvalue weighted by atomic mass is 10.0. The van der Waals surface area contributed by atoms with Crippen LogP contribution in [0.3, 0.4) is 0 Å². The number of aromatic nitrogens is 2. The molecule has 2 aromatic carbocycles. The van der Waals surface area contributed by atoms with Crippen molar-refractivity contribution in [1.82, 2.24) is 15.1 Å². The first kappa shape index (κ1) is 21.5. The quantitative estimate of drug-likeness (QED) is 0.537. The van der Waals surface area contributed by atoms with Gasteiger partial charge in [0, 0.05) is 42.3 Å². The van der Waals surface area contributed by atoms with E-state index in [0.717, 1.165) is 31.4 Å². The molecule has 3 N–H and O–H groups in total. The lowest BCUT2D eigenvalue weighted by Gasteiger charge is -2.12. The molecule has 166 valence electrons. The van der Waals surface area contributed by atoms with Gasteiger partial charge in [0.15, 0.2) is 0 Å². The summed E-state index contributed by atoms with van der Waals surface area (Å²) in [6.07, 6.45) is 4.08. The van der Waals surface area contributed by atoms with Gasteiger partial charge in [-0.05, 0) is 37.1 Å². The van der Waals surface area contributed by atoms with Crippen LogP contribution in [-0.2, 0) is 11.3 Å². The van der Waals surface area contributed by atoms with Crippen molar-refractivity contribution < 1.29 is 19.1 Å². The maximum absolute atomic E-state index is 13.9. The van der Waals surface area contributed by atoms with Crippen molar-refractivity contribution in [2.45, 2.75) is 45.1 Å². The minimum Gasteiger partial charge on any atom is -0.507 e. The number of nitrogens with zero attached hydrogens (tertiary/aromatic N) is 2. The molecular formula is C24H25FN4O3. The molecule has 1 saturated carbocycles. The summed E-state index contributed by atoms with van der Waals surface area (Å²) in [5.74, 6) is -0.479. The number of nitrogens with one attached hydrogen (secondary N) is 2. The van der Waals surface area contributed by atoms with Crippen molar-refractivity contribution in [2.24, 2.45) is 0 Å². The van der Waals surface area contributed by atoms with Crippen LogP contribution in [0.25, 0.3) is 11.3 Å². The number of aromatic hydroxyl groups is 1. The highest BCUT2D eigenvalue weighted by molar-refractivity contribution is 5.89. The fourth-order valence-corrected chi connectivity index (χ4v) is 4.12. The van der Waals surface area contributed by atoms with Gasteiger partial charge < -0.3 is 15.7 Å². The van der Waals surface area contributed by atoms with E-state index >= 15 is 0 Å². The summed E-state index contributed by atoms with van der Waals surface area (Å²) in [7, 11) is 0. The maximum atomic E-state index is 13.9. The van der Waals surface area contributed by atoms with Crippen LogP contribution in [0.1, 0.15) is 49.8 Å². The molecular weight excluding hydrogens is 411 g/mol. The summed E-state index contributed by atoms with van der Waals surface area (Å²) in [5, 5.41) is 20.3. The number of benzene rings is 2. The van der Waals surface area contributed by atoms with Gasteiger partial charge in [-0.15, -0.1) is 0 Å². The Labute approximate surface area is 185 Å². The molecule has 0 atom stereocenters. The standard InChI is InChI=1S/C24H25FN4O3/c1-15(30)27-18-10-11-19(23(31)12-18)21-13-22(16-6-2-3-7-16)29(28-21)24(32)26-14-17-8-4-5-9-20(17)25/h4-5,8-13,16,31H,2-3,6-7,14H2,1H3,(H,26,32)(H,27,30). The molecule has 0 bridgehead atoms. The van der Waals surface area contributed by atoms with Crippen LogP contribution in [0.5, 0.6) is 5.75 Å². The number of hydrogen-bond donors (Lipinski definition) is 3. The molecule has 0 aliphatic heterocycles. The summed E-state index contributed by atoms with van der Waals surface area (Å²) in [6, 6.07) is 12.4. The molecule has 32 heavy (non-hydrogen) atoms. The SMILES string of the molecule is CC(=O)Nc1ccc(-c2cc(C3CCCC3)n(C(=O)NCc3ccccc3F)n2)c(O)c1. The third-order valence-electron chi connectivity index (χ3n) is 5.68. The maximum Gasteiger partial charge on any atom is 0.342 e. The van der Waals surface area contributed by atoms with Gasteiger partial charge in [-0.1, -0.05) is 31.0 Å². The van der Waals surface area contributed by atoms with Crippen LogP contribution in [0.4, 0.5) is 14.9 Å². The second-order valence-electron chi connectivity index (χ2n) is 8.01. The Kier molecular flexibility index (Phi) is 6.20. The first-order chi connectivity index (χ1) is 15.4. The highest BCUT2D eigenvalue weighted by Gasteiger charge is 2.26. The van der Waals surface area contributed by atoms with E-state index in [1.807, 2.05) is 6.07 Å². The van der Waals surface area contributed by atoms with Gasteiger partial charge in [0.25, 0.3) is 0 Å². The Morgan fingerprint density at radius 1 is 1.16 bits per heavy atom. The fraction of sp³-hybridized carbons (Fsp3) is 0.292. The molecule has 8 heteroatoms. The zero-order valence-electron chi connectivity index (χ0n) is 17.8. The van der Waals surface area contributed by atoms with Crippen molar-refractivity contribution >= 4 is 17.6 Å². The molecule has 1 aliphatic rings. The Balaban J connectivity index is 1.63. The first-order valence-electron chi connectivity index (χ1n) is 10.6. The molecule has 7 nitrogen and oxygen atoms in total. The molecule has 1 aliphatic carbocycles. The summed E-state index contributed by atoms with van der Waals surface area (Å²) in [5.41, 5.74) is 2.55. The van der Waals surface area contributed by atoms with E-state index in [2.05, 4.69) is 15.7 Å². The zero-order chi connectivity index (χ0) is 22.7. The number of carbonyl (C=O) groups is 2. The minimum absolute atomic E-state index is 0.0431. The number of halogens is 1. The van der Waals surface area contributed by atoms with E-state index in [0.29, 0.717) is 22.5 Å². The average molecular weight is 436 g/mol. The van der Waals surface area contributed by atoms with Crippen LogP contribution in [0.2, 0.25) is 0 Å². The number of amides is 2. The van der Waals surface area contributed by atoms with E-state index < -0.39 is 6.03 Å². The third kappa shape index (κ3) is 4.64. The van der Waals surface area contributed by atoms with E-state index in [1.54, 1.807) is 30.3 Å². The number of phenolic OH excluding ortho intramolecular Hbond substituents is 1. The van der Waals surface area contributed by atoms with Crippen molar-refractivity contribution in [3.8, 4) is 17.0 Å². The van der Waals surface area contributed by atoms with E-state index in [-0.39, 0.29) is 29.9 Å². The van der Waals surface area contributed by atoms with Crippen molar-refractivity contribution in [3.05, 3.63) is 65.6 Å². The van der Waals surface area contributed by atoms with Gasteiger partial charge in [-0.25, -0.2) is 9.18 Å². The monoisotopic (exact) mass is 436 g/mol. The van der Waals surface area contributed by atoms with Crippen molar-refractivity contribution in [1.29, 1.82) is 0 Å². The number of rotatable bonds is 5. The lowest BCUT2D eigenvalue weighted by Crippen LogP contribution is -2.31. The molecule has 0 spiro atoms. The second kappa shape index (κ2) is 9.21. The lowest BCUT2D eigenvalue weighted by molar-refractivity contribution is -0.114. The van der Waals surface area contributed by atoms with Crippen LogP contribution in [0.15, 0.2) is 48.5 Å². The first-order valence-corrected chi connectivity index (χ1v) is 10.6. The number of carbonyl (C=O) groups excluding carboxylic acids is 2. The van der Waals surface area contributed by atoms with Gasteiger partial charge in [0.1, 0.15) is 11.6 Å². The summed E-state index contributed by atoms with van der Waals surface area (Å²) >= 11 is 0. The van der Waals surface area contributed by atoms with E-state index in [9.17, 15) is 19.1 Å². The van der Waals surface area contributed by atoms with Gasteiger partial charge in [0.2, 0.25) is 5.91 Å². The summed E-state index contributed by atoms with van der Waals surface area (Å²) < 4.78 is 15.2. The molecule has 1 aromatic heterocycles. The molecule has 1 fully saturated rings. The molecule has 0 unspecified atom stereocenters. The molecule has 3 aromatic rings. The second-order valence-corrected chi connectivity index (χ2v) is 8.01. The number of anilines is 1. The Morgan fingerprint density at radius 3 is 2.59 bits per heavy atom. The molecule has 1 heterocycles. The van der Waals surface area contributed by atoms with Gasteiger partial charge in [-0.2, -0.15) is 9.78 Å². The largest absolute Gasteiger partial charge is 0.507 e. The predicted molar refractivity (Wildman–Crippen MR) is 119 cm³/mol. The van der Waals surface area contributed by atoms with E-state index in [4.69, 9.17) is 0 Å². The smallest absolute Gasteiger partial charge is 0.342 e. The number of hydrogen-bond acceptors (Lipinski definition) is 4. The molecule has 0 saturated heterocycles. The zero-order valence-corrected chi connectivity index (χ0v) is 17.8. The molecule has 2 amide bonds. The van der Waals surface area contributed by atoms with Gasteiger partial charge >= 0.3 is 6.03 Å². The normalized spacial score (nSPS) is 13.8. The summed E-state index contributed by atoms with van der Waals surface area (Å²) in [6.45, 7) is 1.43. The van der Waals surface area contributed by atoms with Crippen LogP contribution in [-0.4, -0.2) is 26.8 Å². The third-order valence-corrected chi connectivity index (χ3v) is 5.68. The summed E-state index contributed by atoms with van der Waals surface area (Å²) in [4.78, 5) is 24.2. The van der Waals surface area contributed by atoms with Crippen LogP contribution in [0, 0.1) is 5.82 Å². The Bertz CT molecular complexity index is 1150. The average Bonchev–Trinajstić information content (AvgIpc) is 3.42. The van der Waals surface area contributed by atoms with Crippen molar-refractivity contribution in [3.63, 3.8) is 0 Å². The topological polar surface area (TPSA) is 96.3 Å². The molecule has 0 radical (unpaired) electrons. The Hall–Kier alpha value is -3.68. The minimum atomic E-state index is -0.448. The van der Waals surface area contributed by atoms with Crippen LogP contribution < -0.4 is 10.6 Å². The van der Waals surface area contributed by atoms with Gasteiger partial charge in [0.05, 0.1) is 11.4 Å². The Morgan fingerprint density at radius 2 is 1.91 bits per heavy atom.